The second-order valence-corrected chi connectivity index (χ2v) is 7.31. The Kier molecular flexibility index (Phi) is 3.26. The Morgan fingerprint density at radius 1 is 1.35 bits per heavy atom. The highest BCUT2D eigenvalue weighted by molar-refractivity contribution is 7.89. The molecule has 0 bridgehead atoms. The van der Waals surface area contributed by atoms with Crippen molar-refractivity contribution in [3.63, 3.8) is 0 Å². The second kappa shape index (κ2) is 4.82. The maximum Gasteiger partial charge on any atom is 0.245 e. The summed E-state index contributed by atoms with van der Waals surface area (Å²) in [5.74, 6) is 0. The number of aryl methyl sites for hydroxylation is 1. The number of rotatable bonds is 2. The quantitative estimate of drug-likeness (QED) is 0.854. The summed E-state index contributed by atoms with van der Waals surface area (Å²) in [5, 5.41) is 0.873. The number of nitrogens with zero attached hydrogens (tertiary/aromatic N) is 2. The van der Waals surface area contributed by atoms with E-state index in [0.717, 1.165) is 23.8 Å². The molecule has 1 aromatic heterocycles. The van der Waals surface area contributed by atoms with E-state index in [1.54, 1.807) is 22.6 Å². The second-order valence-electron chi connectivity index (χ2n) is 5.45. The lowest BCUT2D eigenvalue weighted by molar-refractivity contribution is 0.409. The van der Waals surface area contributed by atoms with Crippen LogP contribution in [0.5, 0.6) is 0 Å². The maximum absolute atomic E-state index is 12.8. The van der Waals surface area contributed by atoms with Crippen LogP contribution in [0.2, 0.25) is 0 Å². The van der Waals surface area contributed by atoms with Crippen LogP contribution in [0.25, 0.3) is 10.9 Å². The van der Waals surface area contributed by atoms with Crippen LogP contribution in [0.15, 0.2) is 35.4 Å². The number of hydrogen-bond donors (Lipinski definition) is 0. The van der Waals surface area contributed by atoms with Crippen molar-refractivity contribution in [3.8, 4) is 0 Å². The van der Waals surface area contributed by atoms with E-state index in [0.29, 0.717) is 17.0 Å². The Hall–Kier alpha value is -1.46. The third kappa shape index (κ3) is 2.11. The molecule has 1 aliphatic rings. The van der Waals surface area contributed by atoms with Gasteiger partial charge in [-0.1, -0.05) is 12.1 Å². The molecule has 0 aliphatic carbocycles. The summed E-state index contributed by atoms with van der Waals surface area (Å²) in [4.78, 5) is 4.66. The summed E-state index contributed by atoms with van der Waals surface area (Å²) in [5.41, 5.74) is 1.60. The van der Waals surface area contributed by atoms with Gasteiger partial charge in [-0.05, 0) is 44.4 Å². The maximum atomic E-state index is 12.8. The molecule has 5 heteroatoms. The summed E-state index contributed by atoms with van der Waals surface area (Å²) in [6.45, 7) is 4.52. The van der Waals surface area contributed by atoms with Crippen LogP contribution in [0.3, 0.4) is 0 Å². The minimum atomic E-state index is -3.46. The van der Waals surface area contributed by atoms with Crippen LogP contribution < -0.4 is 0 Å². The topological polar surface area (TPSA) is 50.3 Å². The van der Waals surface area contributed by atoms with Crippen LogP contribution in [0.4, 0.5) is 0 Å². The van der Waals surface area contributed by atoms with Gasteiger partial charge in [0.2, 0.25) is 10.0 Å². The monoisotopic (exact) mass is 290 g/mol. The predicted octanol–water partition coefficient (Wildman–Crippen LogP) is 2.72. The number of pyridine rings is 1. The molecule has 1 aliphatic heterocycles. The molecule has 0 saturated carbocycles. The Morgan fingerprint density at radius 3 is 2.85 bits per heavy atom. The molecule has 1 aromatic carbocycles. The van der Waals surface area contributed by atoms with Gasteiger partial charge in [0.05, 0.1) is 5.52 Å². The van der Waals surface area contributed by atoms with Crippen molar-refractivity contribution in [2.75, 3.05) is 6.54 Å². The molecular formula is C15H18N2O2S. The molecular weight excluding hydrogens is 272 g/mol. The van der Waals surface area contributed by atoms with Gasteiger partial charge in [0.15, 0.2) is 0 Å². The molecule has 0 N–H and O–H groups in total. The zero-order valence-corrected chi connectivity index (χ0v) is 12.5. The van der Waals surface area contributed by atoms with Crippen LogP contribution in [-0.4, -0.2) is 30.3 Å². The van der Waals surface area contributed by atoms with Crippen molar-refractivity contribution in [1.29, 1.82) is 0 Å². The lowest BCUT2D eigenvalue weighted by Crippen LogP contribution is -2.33. The van der Waals surface area contributed by atoms with Crippen molar-refractivity contribution < 1.29 is 8.42 Å². The summed E-state index contributed by atoms with van der Waals surface area (Å²) in [7, 11) is -3.46. The van der Waals surface area contributed by atoms with Gasteiger partial charge < -0.3 is 0 Å². The Labute approximate surface area is 119 Å². The summed E-state index contributed by atoms with van der Waals surface area (Å²) >= 11 is 0. The van der Waals surface area contributed by atoms with Gasteiger partial charge >= 0.3 is 0 Å². The molecule has 3 rings (SSSR count). The average molecular weight is 290 g/mol. The Bertz CT molecular complexity index is 756. The minimum absolute atomic E-state index is 0.0701. The molecule has 1 fully saturated rings. The lowest BCUT2D eigenvalue weighted by Gasteiger charge is -2.21. The fourth-order valence-corrected chi connectivity index (χ4v) is 4.71. The van der Waals surface area contributed by atoms with Crippen LogP contribution in [0.1, 0.15) is 25.3 Å². The molecule has 2 heterocycles. The predicted molar refractivity (Wildman–Crippen MR) is 79.1 cm³/mol. The molecule has 106 valence electrons. The lowest BCUT2D eigenvalue weighted by atomic mass is 10.2. The number of hydrogen-bond acceptors (Lipinski definition) is 3. The zero-order chi connectivity index (χ0) is 14.3. The number of benzene rings is 1. The molecule has 1 unspecified atom stereocenters. The zero-order valence-electron chi connectivity index (χ0n) is 11.7. The molecule has 1 atom stereocenters. The van der Waals surface area contributed by atoms with Gasteiger partial charge in [0.25, 0.3) is 0 Å². The fraction of sp³-hybridized carbons (Fsp3) is 0.400. The van der Waals surface area contributed by atoms with Crippen molar-refractivity contribution in [2.45, 2.75) is 37.6 Å². The Balaban J connectivity index is 2.19. The SMILES string of the molecule is Cc1cnc2c(S(=O)(=O)N3CCCC3C)cccc2c1. The summed E-state index contributed by atoms with van der Waals surface area (Å²) in [6, 6.07) is 7.39. The van der Waals surface area contributed by atoms with Crippen LogP contribution in [-0.2, 0) is 10.0 Å². The van der Waals surface area contributed by atoms with Crippen molar-refractivity contribution in [3.05, 3.63) is 36.0 Å². The van der Waals surface area contributed by atoms with E-state index in [9.17, 15) is 8.42 Å². The highest BCUT2D eigenvalue weighted by Crippen LogP contribution is 2.29. The largest absolute Gasteiger partial charge is 0.255 e. The normalized spacial score (nSPS) is 20.6. The first-order chi connectivity index (χ1) is 9.50. The number of aromatic nitrogens is 1. The molecule has 2 aromatic rings. The first kappa shape index (κ1) is 13.5. The molecule has 1 saturated heterocycles. The van der Waals surface area contributed by atoms with E-state index in [1.807, 2.05) is 26.0 Å². The van der Waals surface area contributed by atoms with Gasteiger partial charge in [-0.15, -0.1) is 0 Å². The molecule has 0 spiro atoms. The summed E-state index contributed by atoms with van der Waals surface area (Å²) < 4.78 is 27.3. The van der Waals surface area contributed by atoms with Crippen molar-refractivity contribution in [2.24, 2.45) is 0 Å². The molecule has 0 amide bonds. The summed E-state index contributed by atoms with van der Waals surface area (Å²) in [6.07, 6.45) is 3.57. The molecule has 20 heavy (non-hydrogen) atoms. The van der Waals surface area contributed by atoms with Crippen molar-refractivity contribution >= 4 is 20.9 Å². The van der Waals surface area contributed by atoms with Crippen LogP contribution in [0, 0.1) is 6.92 Å². The van der Waals surface area contributed by atoms with Crippen molar-refractivity contribution in [1.82, 2.24) is 9.29 Å². The Morgan fingerprint density at radius 2 is 2.15 bits per heavy atom. The van der Waals surface area contributed by atoms with Gasteiger partial charge in [-0.3, -0.25) is 4.98 Å². The van der Waals surface area contributed by atoms with E-state index in [-0.39, 0.29) is 6.04 Å². The number of para-hydroxylation sites is 1. The average Bonchev–Trinajstić information content (AvgIpc) is 2.84. The van der Waals surface area contributed by atoms with Gasteiger partial charge in [0, 0.05) is 24.2 Å². The first-order valence-corrected chi connectivity index (χ1v) is 8.31. The third-order valence-electron chi connectivity index (χ3n) is 3.89. The van der Waals surface area contributed by atoms with Crippen LogP contribution >= 0.6 is 0 Å². The molecule has 4 nitrogen and oxygen atoms in total. The fourth-order valence-electron chi connectivity index (χ4n) is 2.84. The van der Waals surface area contributed by atoms with E-state index < -0.39 is 10.0 Å². The first-order valence-electron chi connectivity index (χ1n) is 6.87. The van der Waals surface area contributed by atoms with E-state index in [2.05, 4.69) is 4.98 Å². The minimum Gasteiger partial charge on any atom is -0.255 e. The van der Waals surface area contributed by atoms with Gasteiger partial charge in [-0.25, -0.2) is 8.42 Å². The van der Waals surface area contributed by atoms with E-state index >= 15 is 0 Å². The highest BCUT2D eigenvalue weighted by atomic mass is 32.2. The van der Waals surface area contributed by atoms with E-state index in [4.69, 9.17) is 0 Å². The van der Waals surface area contributed by atoms with Gasteiger partial charge in [0.1, 0.15) is 4.90 Å². The van der Waals surface area contributed by atoms with E-state index in [1.165, 1.54) is 0 Å². The highest BCUT2D eigenvalue weighted by Gasteiger charge is 2.33. The number of sulfonamides is 1. The number of fused-ring (bicyclic) bond motifs is 1. The standard InChI is InChI=1S/C15H18N2O2S/c1-11-9-13-6-3-7-14(15(13)16-10-11)20(18,19)17-8-4-5-12(17)2/h3,6-7,9-10,12H,4-5,8H2,1-2H3. The molecule has 0 radical (unpaired) electrons. The van der Waals surface area contributed by atoms with Gasteiger partial charge in [-0.2, -0.15) is 4.31 Å². The smallest absolute Gasteiger partial charge is 0.245 e. The third-order valence-corrected chi connectivity index (χ3v) is 5.93.